The standard InChI is InChI=1S/C23H45NO4/c1-2-3-4-5-6-7-8-9-10-11-12-13-14-15-16-17-22(26)24(20-21-25)19-18-23(27)28/h25H,2-21H2,1H3,(H,27,28). The average molecular weight is 400 g/mol. The Morgan fingerprint density at radius 1 is 0.643 bits per heavy atom. The van der Waals surface area contributed by atoms with Crippen molar-refractivity contribution in [2.75, 3.05) is 19.7 Å². The van der Waals surface area contributed by atoms with Crippen LogP contribution >= 0.6 is 0 Å². The minimum atomic E-state index is -0.914. The van der Waals surface area contributed by atoms with Crippen molar-refractivity contribution in [1.82, 2.24) is 4.90 Å². The quantitative estimate of drug-likeness (QED) is 0.248. The summed E-state index contributed by atoms with van der Waals surface area (Å²) in [7, 11) is 0. The number of aliphatic hydroxyl groups is 1. The third-order valence-electron chi connectivity index (χ3n) is 5.31. The number of rotatable bonds is 21. The Bertz CT molecular complexity index is 374. The SMILES string of the molecule is CCCCCCCCCCCCCCCCCC(=O)N(CCO)CCC(=O)O. The number of amides is 1. The van der Waals surface area contributed by atoms with Crippen LogP contribution in [0, 0.1) is 0 Å². The second-order valence-electron chi connectivity index (χ2n) is 7.95. The van der Waals surface area contributed by atoms with Crippen molar-refractivity contribution in [3.8, 4) is 0 Å². The van der Waals surface area contributed by atoms with E-state index < -0.39 is 5.97 Å². The van der Waals surface area contributed by atoms with Gasteiger partial charge in [-0.1, -0.05) is 96.8 Å². The van der Waals surface area contributed by atoms with E-state index in [9.17, 15) is 9.59 Å². The lowest BCUT2D eigenvalue weighted by Gasteiger charge is -2.20. The van der Waals surface area contributed by atoms with Crippen molar-refractivity contribution in [3.63, 3.8) is 0 Å². The zero-order chi connectivity index (χ0) is 20.9. The number of carbonyl (C=O) groups is 2. The van der Waals surface area contributed by atoms with Gasteiger partial charge in [0.15, 0.2) is 0 Å². The van der Waals surface area contributed by atoms with E-state index >= 15 is 0 Å². The van der Waals surface area contributed by atoms with Gasteiger partial charge in [-0.3, -0.25) is 9.59 Å². The molecule has 0 unspecified atom stereocenters. The molecule has 0 rings (SSSR count). The fourth-order valence-corrected chi connectivity index (χ4v) is 3.52. The van der Waals surface area contributed by atoms with Gasteiger partial charge >= 0.3 is 5.97 Å². The maximum absolute atomic E-state index is 12.1. The molecule has 0 atom stereocenters. The summed E-state index contributed by atoms with van der Waals surface area (Å²) in [5.74, 6) is -0.951. The van der Waals surface area contributed by atoms with E-state index in [0.717, 1.165) is 12.8 Å². The molecular weight excluding hydrogens is 354 g/mol. The number of carbonyl (C=O) groups excluding carboxylic acids is 1. The van der Waals surface area contributed by atoms with E-state index in [-0.39, 0.29) is 32.0 Å². The van der Waals surface area contributed by atoms with Gasteiger partial charge in [-0.25, -0.2) is 0 Å². The van der Waals surface area contributed by atoms with Gasteiger partial charge in [0.1, 0.15) is 0 Å². The van der Waals surface area contributed by atoms with Crippen LogP contribution in [0.2, 0.25) is 0 Å². The van der Waals surface area contributed by atoms with Crippen LogP contribution in [-0.2, 0) is 9.59 Å². The molecule has 28 heavy (non-hydrogen) atoms. The zero-order valence-corrected chi connectivity index (χ0v) is 18.3. The summed E-state index contributed by atoms with van der Waals surface area (Å²) in [6.45, 7) is 2.56. The first kappa shape index (κ1) is 26.9. The van der Waals surface area contributed by atoms with Crippen molar-refractivity contribution in [2.24, 2.45) is 0 Å². The Morgan fingerprint density at radius 3 is 1.46 bits per heavy atom. The fraction of sp³-hybridized carbons (Fsp3) is 0.913. The first-order chi connectivity index (χ1) is 13.6. The molecule has 0 aliphatic carbocycles. The van der Waals surface area contributed by atoms with Crippen molar-refractivity contribution >= 4 is 11.9 Å². The molecule has 5 nitrogen and oxygen atoms in total. The van der Waals surface area contributed by atoms with Crippen LogP contribution in [0.5, 0.6) is 0 Å². The molecule has 2 N–H and O–H groups in total. The van der Waals surface area contributed by atoms with Gasteiger partial charge in [0.25, 0.3) is 0 Å². The van der Waals surface area contributed by atoms with E-state index in [0.29, 0.717) is 6.42 Å². The number of hydrogen-bond acceptors (Lipinski definition) is 3. The van der Waals surface area contributed by atoms with Gasteiger partial charge in [-0.05, 0) is 6.42 Å². The van der Waals surface area contributed by atoms with Gasteiger partial charge in [0.05, 0.1) is 13.0 Å². The summed E-state index contributed by atoms with van der Waals surface area (Å²) in [6, 6.07) is 0. The van der Waals surface area contributed by atoms with Gasteiger partial charge < -0.3 is 15.1 Å². The maximum Gasteiger partial charge on any atom is 0.305 e. The van der Waals surface area contributed by atoms with Crippen LogP contribution in [0.4, 0.5) is 0 Å². The number of aliphatic carboxylic acids is 1. The molecule has 0 aromatic rings. The smallest absolute Gasteiger partial charge is 0.305 e. The van der Waals surface area contributed by atoms with Crippen molar-refractivity contribution in [2.45, 2.75) is 116 Å². The molecule has 0 saturated carbocycles. The fourth-order valence-electron chi connectivity index (χ4n) is 3.52. The molecule has 0 aromatic carbocycles. The lowest BCUT2D eigenvalue weighted by molar-refractivity contribution is -0.138. The molecule has 0 heterocycles. The highest BCUT2D eigenvalue weighted by atomic mass is 16.4. The average Bonchev–Trinajstić information content (AvgIpc) is 2.67. The largest absolute Gasteiger partial charge is 0.481 e. The summed E-state index contributed by atoms with van der Waals surface area (Å²) < 4.78 is 0. The number of nitrogens with zero attached hydrogens (tertiary/aromatic N) is 1. The molecule has 0 spiro atoms. The first-order valence-corrected chi connectivity index (χ1v) is 11.7. The molecule has 0 saturated heterocycles. The van der Waals surface area contributed by atoms with E-state index in [4.69, 9.17) is 10.2 Å². The van der Waals surface area contributed by atoms with Crippen molar-refractivity contribution in [1.29, 1.82) is 0 Å². The minimum absolute atomic E-state index is 0.0370. The van der Waals surface area contributed by atoms with E-state index in [1.807, 2.05) is 0 Å². The maximum atomic E-state index is 12.1. The Morgan fingerprint density at radius 2 is 1.07 bits per heavy atom. The van der Waals surface area contributed by atoms with Crippen molar-refractivity contribution < 1.29 is 19.8 Å². The molecule has 0 aliphatic rings. The molecular formula is C23H45NO4. The number of hydrogen-bond donors (Lipinski definition) is 2. The Hall–Kier alpha value is -1.10. The number of carboxylic acid groups (broad SMARTS) is 1. The Labute approximate surface area is 172 Å². The molecule has 0 aliphatic heterocycles. The molecule has 0 radical (unpaired) electrons. The minimum Gasteiger partial charge on any atom is -0.481 e. The van der Waals surface area contributed by atoms with Gasteiger partial charge in [-0.2, -0.15) is 0 Å². The monoisotopic (exact) mass is 399 g/mol. The van der Waals surface area contributed by atoms with Gasteiger partial charge in [0.2, 0.25) is 5.91 Å². The summed E-state index contributed by atoms with van der Waals surface area (Å²) in [5.41, 5.74) is 0. The van der Waals surface area contributed by atoms with E-state index in [1.54, 1.807) is 0 Å². The van der Waals surface area contributed by atoms with E-state index in [2.05, 4.69) is 6.92 Å². The molecule has 5 heteroatoms. The topological polar surface area (TPSA) is 77.8 Å². The van der Waals surface area contributed by atoms with Crippen LogP contribution in [0.1, 0.15) is 116 Å². The molecule has 166 valence electrons. The molecule has 0 fully saturated rings. The highest BCUT2D eigenvalue weighted by Crippen LogP contribution is 2.14. The van der Waals surface area contributed by atoms with Crippen LogP contribution in [-0.4, -0.2) is 46.7 Å². The molecule has 1 amide bonds. The van der Waals surface area contributed by atoms with Crippen LogP contribution in [0.3, 0.4) is 0 Å². The Balaban J connectivity index is 3.43. The van der Waals surface area contributed by atoms with E-state index in [1.165, 1.54) is 88.4 Å². The summed E-state index contributed by atoms with van der Waals surface area (Å²) >= 11 is 0. The normalized spacial score (nSPS) is 10.9. The van der Waals surface area contributed by atoms with Crippen molar-refractivity contribution in [3.05, 3.63) is 0 Å². The highest BCUT2D eigenvalue weighted by molar-refractivity contribution is 5.77. The van der Waals surface area contributed by atoms with Crippen LogP contribution < -0.4 is 0 Å². The lowest BCUT2D eigenvalue weighted by atomic mass is 10.0. The first-order valence-electron chi connectivity index (χ1n) is 11.7. The summed E-state index contributed by atoms with van der Waals surface area (Å²) in [5, 5.41) is 17.7. The third kappa shape index (κ3) is 18.3. The number of unbranched alkanes of at least 4 members (excludes halogenated alkanes) is 14. The predicted molar refractivity (Wildman–Crippen MR) is 115 cm³/mol. The lowest BCUT2D eigenvalue weighted by Crippen LogP contribution is -2.35. The second kappa shape index (κ2) is 20.6. The van der Waals surface area contributed by atoms with Crippen LogP contribution in [0.25, 0.3) is 0 Å². The second-order valence-corrected chi connectivity index (χ2v) is 7.95. The van der Waals surface area contributed by atoms with Gasteiger partial charge in [-0.15, -0.1) is 0 Å². The van der Waals surface area contributed by atoms with Gasteiger partial charge in [0, 0.05) is 19.5 Å². The summed E-state index contributed by atoms with van der Waals surface area (Å²) in [6.07, 6.45) is 19.8. The third-order valence-corrected chi connectivity index (χ3v) is 5.31. The number of aliphatic hydroxyl groups excluding tert-OH is 1. The van der Waals surface area contributed by atoms with Crippen LogP contribution in [0.15, 0.2) is 0 Å². The highest BCUT2D eigenvalue weighted by Gasteiger charge is 2.13. The zero-order valence-electron chi connectivity index (χ0n) is 18.3. The summed E-state index contributed by atoms with van der Waals surface area (Å²) in [4.78, 5) is 24.2. The molecule has 0 aromatic heterocycles. The number of carboxylic acids is 1. The molecule has 0 bridgehead atoms. The predicted octanol–water partition coefficient (Wildman–Crippen LogP) is 5.54. The Kier molecular flexibility index (Phi) is 19.8.